The molecule has 186 valence electrons. The van der Waals surface area contributed by atoms with E-state index in [2.05, 4.69) is 50.6 Å². The molecule has 2 aromatic rings. The molecule has 2 aliphatic carbocycles. The molecular formula is C28H39N7. The van der Waals surface area contributed by atoms with Crippen LogP contribution in [0.1, 0.15) is 61.6 Å². The van der Waals surface area contributed by atoms with Gasteiger partial charge in [0.15, 0.2) is 0 Å². The van der Waals surface area contributed by atoms with Crippen molar-refractivity contribution in [1.82, 2.24) is 14.9 Å². The van der Waals surface area contributed by atoms with Gasteiger partial charge in [0.05, 0.1) is 6.20 Å². The molecule has 0 spiro atoms. The van der Waals surface area contributed by atoms with Gasteiger partial charge in [-0.25, -0.2) is 4.98 Å². The number of hydrogen-bond acceptors (Lipinski definition) is 7. The zero-order chi connectivity index (χ0) is 24.2. The number of nitriles is 1. The topological polar surface area (TPSA) is 103 Å². The fraction of sp³-hybridized carbons (Fsp3) is 0.607. The number of anilines is 2. The second kappa shape index (κ2) is 10.9. The van der Waals surface area contributed by atoms with Crippen LogP contribution < -0.4 is 16.4 Å². The average Bonchev–Trinajstić information content (AvgIpc) is 2.87. The lowest BCUT2D eigenvalue weighted by molar-refractivity contribution is -0.00934. The smallest absolute Gasteiger partial charge is 0.224 e. The maximum atomic E-state index is 9.61. The molecule has 1 aromatic carbocycles. The molecule has 4 atom stereocenters. The highest BCUT2D eigenvalue weighted by Crippen LogP contribution is 2.45. The number of benzene rings is 1. The Bertz CT molecular complexity index is 1030. The first-order valence-corrected chi connectivity index (χ1v) is 13.4. The Morgan fingerprint density at radius 1 is 1.09 bits per heavy atom. The molecular weight excluding hydrogens is 434 g/mol. The minimum Gasteiger partial charge on any atom is -0.369 e. The summed E-state index contributed by atoms with van der Waals surface area (Å²) >= 11 is 0. The Kier molecular flexibility index (Phi) is 7.50. The van der Waals surface area contributed by atoms with Gasteiger partial charge in [-0.1, -0.05) is 30.7 Å². The van der Waals surface area contributed by atoms with Crippen molar-refractivity contribution >= 4 is 11.8 Å². The lowest BCUT2D eigenvalue weighted by Crippen LogP contribution is -2.55. The van der Waals surface area contributed by atoms with E-state index < -0.39 is 0 Å². The highest BCUT2D eigenvalue weighted by Gasteiger charge is 2.43. The monoisotopic (exact) mass is 473 g/mol. The molecule has 1 aliphatic heterocycles. The molecule has 3 aliphatic rings. The van der Waals surface area contributed by atoms with E-state index in [0.717, 1.165) is 37.3 Å². The van der Waals surface area contributed by atoms with E-state index >= 15 is 0 Å². The fourth-order valence-corrected chi connectivity index (χ4v) is 6.72. The van der Waals surface area contributed by atoms with Crippen LogP contribution in [0, 0.1) is 36.0 Å². The Hall–Kier alpha value is -2.69. The molecule has 2 heterocycles. The van der Waals surface area contributed by atoms with E-state index in [1.807, 2.05) is 12.1 Å². The van der Waals surface area contributed by atoms with Crippen LogP contribution >= 0.6 is 0 Å². The number of fused-ring (bicyclic) bond motifs is 2. The molecule has 7 nitrogen and oxygen atoms in total. The second-order valence-corrected chi connectivity index (χ2v) is 10.9. The van der Waals surface area contributed by atoms with Crippen LogP contribution in [-0.4, -0.2) is 46.6 Å². The number of aryl methyl sites for hydroxylation is 1. The van der Waals surface area contributed by atoms with Crippen LogP contribution in [0.4, 0.5) is 11.8 Å². The molecule has 1 aromatic heterocycles. The number of likely N-dealkylation sites (tertiary alicyclic amines) is 1. The van der Waals surface area contributed by atoms with Crippen molar-refractivity contribution in [3.8, 4) is 6.07 Å². The van der Waals surface area contributed by atoms with Gasteiger partial charge >= 0.3 is 0 Å². The van der Waals surface area contributed by atoms with Gasteiger partial charge in [-0.05, 0) is 87.4 Å². The fourth-order valence-electron chi connectivity index (χ4n) is 6.72. The molecule has 7 heteroatoms. The first-order chi connectivity index (χ1) is 17.1. The zero-order valence-electron chi connectivity index (χ0n) is 20.9. The van der Waals surface area contributed by atoms with Crippen LogP contribution in [-0.2, 0) is 6.54 Å². The summed E-state index contributed by atoms with van der Waals surface area (Å²) in [7, 11) is 0. The van der Waals surface area contributed by atoms with E-state index in [1.165, 1.54) is 56.3 Å². The predicted octanol–water partition coefficient (Wildman–Crippen LogP) is 4.30. The Labute approximate surface area is 209 Å². The summed E-state index contributed by atoms with van der Waals surface area (Å²) in [5.74, 6) is 3.40. The zero-order valence-corrected chi connectivity index (χ0v) is 20.9. The third-order valence-corrected chi connectivity index (χ3v) is 8.55. The third-order valence-electron chi connectivity index (χ3n) is 8.55. The first kappa shape index (κ1) is 24.0. The van der Waals surface area contributed by atoms with Crippen molar-refractivity contribution in [3.05, 3.63) is 47.2 Å². The molecule has 2 bridgehead atoms. The number of nitrogens with two attached hydrogens (primary N) is 1. The minimum atomic E-state index is 0.393. The van der Waals surface area contributed by atoms with Gasteiger partial charge in [-0.15, -0.1) is 0 Å². The highest BCUT2D eigenvalue weighted by molar-refractivity contribution is 5.53. The summed E-state index contributed by atoms with van der Waals surface area (Å²) in [6.07, 6.45) is 10.5. The quantitative estimate of drug-likeness (QED) is 0.551. The van der Waals surface area contributed by atoms with Crippen molar-refractivity contribution in [1.29, 1.82) is 5.26 Å². The first-order valence-electron chi connectivity index (χ1n) is 13.4. The van der Waals surface area contributed by atoms with Gasteiger partial charge in [0, 0.05) is 25.2 Å². The van der Waals surface area contributed by atoms with Gasteiger partial charge in [0.2, 0.25) is 5.95 Å². The Balaban J connectivity index is 1.20. The predicted molar refractivity (Wildman–Crippen MR) is 140 cm³/mol. The summed E-state index contributed by atoms with van der Waals surface area (Å²) in [5, 5.41) is 16.5. The lowest BCUT2D eigenvalue weighted by atomic mass is 9.64. The number of aromatic nitrogens is 2. The van der Waals surface area contributed by atoms with Crippen LogP contribution in [0.5, 0.6) is 0 Å². The maximum Gasteiger partial charge on any atom is 0.224 e. The molecule has 0 amide bonds. The summed E-state index contributed by atoms with van der Waals surface area (Å²) in [6, 6.07) is 11.7. The maximum absolute atomic E-state index is 9.61. The van der Waals surface area contributed by atoms with Crippen molar-refractivity contribution in [2.24, 2.45) is 23.5 Å². The standard InChI is InChI=1S/C28H39N7/c1-19-5-2-3-6-23(19)17-32-28-33-18-24(15-29)27(34-28)31-16-20-13-21-7-4-8-22(14-20)26(21)35-11-9-25(30)10-12-35/h2-3,5-6,18,20-22,25-26H,4,7-14,16-17,30H2,1H3,(H2,31,32,33,34)/t20?,21-,22+,26?. The van der Waals surface area contributed by atoms with E-state index in [4.69, 9.17) is 5.73 Å². The normalized spacial score (nSPS) is 27.2. The average molecular weight is 474 g/mol. The van der Waals surface area contributed by atoms with Crippen molar-refractivity contribution in [2.45, 2.75) is 70.5 Å². The molecule has 0 radical (unpaired) electrons. The van der Waals surface area contributed by atoms with Crippen LogP contribution in [0.15, 0.2) is 30.5 Å². The van der Waals surface area contributed by atoms with Gasteiger partial charge < -0.3 is 16.4 Å². The molecule has 5 rings (SSSR count). The Morgan fingerprint density at radius 3 is 2.54 bits per heavy atom. The van der Waals surface area contributed by atoms with Gasteiger partial charge in [0.25, 0.3) is 0 Å². The van der Waals surface area contributed by atoms with Gasteiger partial charge in [-0.2, -0.15) is 10.2 Å². The Morgan fingerprint density at radius 2 is 1.83 bits per heavy atom. The molecule has 3 fully saturated rings. The number of hydrogen-bond donors (Lipinski definition) is 3. The molecule has 4 N–H and O–H groups in total. The number of nitrogens with one attached hydrogen (secondary N) is 2. The summed E-state index contributed by atoms with van der Waals surface area (Å²) in [6.45, 7) is 5.98. The van der Waals surface area contributed by atoms with E-state index in [1.54, 1.807) is 6.20 Å². The van der Waals surface area contributed by atoms with E-state index in [-0.39, 0.29) is 0 Å². The lowest BCUT2D eigenvalue weighted by Gasteiger charge is -2.52. The van der Waals surface area contributed by atoms with E-state index in [9.17, 15) is 5.26 Å². The van der Waals surface area contributed by atoms with Gasteiger partial charge in [0.1, 0.15) is 17.5 Å². The molecule has 2 unspecified atom stereocenters. The van der Waals surface area contributed by atoms with Crippen molar-refractivity contribution in [2.75, 3.05) is 30.3 Å². The SMILES string of the molecule is Cc1ccccc1CNc1ncc(C#N)c(NCC2C[C@H]3CCC[C@@H](C2)C3N2CCC(N)CC2)n1. The van der Waals surface area contributed by atoms with Crippen molar-refractivity contribution in [3.63, 3.8) is 0 Å². The van der Waals surface area contributed by atoms with Crippen molar-refractivity contribution < 1.29 is 0 Å². The molecule has 1 saturated heterocycles. The largest absolute Gasteiger partial charge is 0.369 e. The van der Waals surface area contributed by atoms with E-state index in [0.29, 0.717) is 35.8 Å². The number of nitrogens with zero attached hydrogens (tertiary/aromatic N) is 4. The molecule has 2 saturated carbocycles. The van der Waals surface area contributed by atoms with Crippen LogP contribution in [0.2, 0.25) is 0 Å². The number of piperidine rings is 1. The highest BCUT2D eigenvalue weighted by atomic mass is 15.2. The summed E-state index contributed by atoms with van der Waals surface area (Å²) in [4.78, 5) is 11.8. The third kappa shape index (κ3) is 5.60. The number of rotatable bonds is 7. The van der Waals surface area contributed by atoms with Gasteiger partial charge in [-0.3, -0.25) is 4.90 Å². The summed E-state index contributed by atoms with van der Waals surface area (Å²) in [5.41, 5.74) is 9.13. The van der Waals surface area contributed by atoms with Crippen LogP contribution in [0.3, 0.4) is 0 Å². The summed E-state index contributed by atoms with van der Waals surface area (Å²) < 4.78 is 0. The second-order valence-electron chi connectivity index (χ2n) is 10.9. The molecule has 35 heavy (non-hydrogen) atoms. The minimum absolute atomic E-state index is 0.393. The van der Waals surface area contributed by atoms with Crippen LogP contribution in [0.25, 0.3) is 0 Å².